The zero-order valence-corrected chi connectivity index (χ0v) is 8.35. The van der Waals surface area contributed by atoms with Crippen LogP contribution in [0.2, 0.25) is 0 Å². The molecule has 2 fully saturated rings. The molecule has 0 radical (unpaired) electrons. The largest absolute Gasteiger partial charge is 0.326 e. The molecule has 0 aliphatic carbocycles. The van der Waals surface area contributed by atoms with E-state index in [0.29, 0.717) is 5.92 Å². The third kappa shape index (κ3) is 1.05. The first-order chi connectivity index (χ1) is 7.42. The highest BCUT2D eigenvalue weighted by molar-refractivity contribution is 5.70. The summed E-state index contributed by atoms with van der Waals surface area (Å²) in [7, 11) is 0. The molecule has 0 saturated carbocycles. The summed E-state index contributed by atoms with van der Waals surface area (Å²) in [6, 6.07) is 4.71. The van der Waals surface area contributed by atoms with Crippen LogP contribution in [0, 0.1) is 0 Å². The number of nitrogens with one attached hydrogen (secondary N) is 1. The summed E-state index contributed by atoms with van der Waals surface area (Å²) < 4.78 is 0. The van der Waals surface area contributed by atoms with Gasteiger partial charge >= 0.3 is 0 Å². The Morgan fingerprint density at radius 3 is 3.20 bits per heavy atom. The second-order valence-corrected chi connectivity index (χ2v) is 4.45. The normalized spacial score (nSPS) is 33.2. The summed E-state index contributed by atoms with van der Waals surface area (Å²) in [5, 5.41) is 0. The molecule has 3 unspecified atom stereocenters. The first kappa shape index (κ1) is 7.82. The van der Waals surface area contributed by atoms with Gasteiger partial charge in [-0.2, -0.15) is 0 Å². The van der Waals surface area contributed by atoms with E-state index in [2.05, 4.69) is 19.9 Å². The first-order valence-corrected chi connectivity index (χ1v) is 5.46. The molecular weight excluding hydrogens is 188 g/mol. The van der Waals surface area contributed by atoms with Crippen molar-refractivity contribution in [2.24, 2.45) is 0 Å². The lowest BCUT2D eigenvalue weighted by Crippen LogP contribution is -2.04. The van der Waals surface area contributed by atoms with Crippen molar-refractivity contribution in [2.75, 3.05) is 13.1 Å². The number of imidazole rings is 1. The fraction of sp³-hybridized carbons (Fsp3) is 0.455. The van der Waals surface area contributed by atoms with Crippen molar-refractivity contribution in [3.63, 3.8) is 0 Å². The molecule has 3 atom stereocenters. The summed E-state index contributed by atoms with van der Waals surface area (Å²) in [6.07, 6.45) is 3.05. The Morgan fingerprint density at radius 2 is 2.47 bits per heavy atom. The van der Waals surface area contributed by atoms with E-state index in [1.807, 2.05) is 18.3 Å². The SMILES string of the molecule is c1cnc2[nH]c(C3CCN4CC34)nc2c1. The van der Waals surface area contributed by atoms with E-state index >= 15 is 0 Å². The number of pyridine rings is 1. The Morgan fingerprint density at radius 1 is 1.47 bits per heavy atom. The summed E-state index contributed by atoms with van der Waals surface area (Å²) in [5.74, 6) is 1.74. The van der Waals surface area contributed by atoms with Gasteiger partial charge < -0.3 is 4.98 Å². The topological polar surface area (TPSA) is 44.6 Å². The van der Waals surface area contributed by atoms with Gasteiger partial charge in [0.05, 0.1) is 0 Å². The van der Waals surface area contributed by atoms with E-state index in [4.69, 9.17) is 0 Å². The van der Waals surface area contributed by atoms with Crippen molar-refractivity contribution in [2.45, 2.75) is 18.4 Å². The van der Waals surface area contributed by atoms with Crippen LogP contribution >= 0.6 is 0 Å². The van der Waals surface area contributed by atoms with Crippen LogP contribution in [0.25, 0.3) is 11.2 Å². The van der Waals surface area contributed by atoms with Crippen LogP contribution in [0.1, 0.15) is 18.2 Å². The zero-order chi connectivity index (χ0) is 9.83. The van der Waals surface area contributed by atoms with Gasteiger partial charge in [-0.3, -0.25) is 4.90 Å². The van der Waals surface area contributed by atoms with E-state index < -0.39 is 0 Å². The van der Waals surface area contributed by atoms with Gasteiger partial charge in [-0.1, -0.05) is 0 Å². The molecule has 0 bridgehead atoms. The number of hydrogen-bond acceptors (Lipinski definition) is 3. The van der Waals surface area contributed by atoms with Crippen LogP contribution in [0.15, 0.2) is 18.3 Å². The van der Waals surface area contributed by atoms with E-state index in [-0.39, 0.29) is 0 Å². The second kappa shape index (κ2) is 2.58. The van der Waals surface area contributed by atoms with E-state index in [9.17, 15) is 0 Å². The lowest BCUT2D eigenvalue weighted by Gasteiger charge is -2.04. The van der Waals surface area contributed by atoms with Gasteiger partial charge in [-0.05, 0) is 25.1 Å². The molecule has 15 heavy (non-hydrogen) atoms. The summed E-state index contributed by atoms with van der Waals surface area (Å²) in [6.45, 7) is 2.49. The Labute approximate surface area is 87.3 Å². The molecule has 2 aliphatic rings. The average molecular weight is 200 g/mol. The maximum atomic E-state index is 4.63. The van der Waals surface area contributed by atoms with Gasteiger partial charge in [0.1, 0.15) is 11.3 Å². The van der Waals surface area contributed by atoms with Gasteiger partial charge in [-0.15, -0.1) is 0 Å². The van der Waals surface area contributed by atoms with Crippen LogP contribution in [0.5, 0.6) is 0 Å². The predicted molar refractivity (Wildman–Crippen MR) is 56.6 cm³/mol. The van der Waals surface area contributed by atoms with Gasteiger partial charge in [0.2, 0.25) is 0 Å². The Hall–Kier alpha value is -1.42. The lowest BCUT2D eigenvalue weighted by atomic mass is 10.0. The van der Waals surface area contributed by atoms with Crippen molar-refractivity contribution in [3.05, 3.63) is 24.2 Å². The van der Waals surface area contributed by atoms with Crippen molar-refractivity contribution >= 4 is 11.2 Å². The number of H-pyrrole nitrogens is 1. The molecule has 4 rings (SSSR count). The molecule has 0 spiro atoms. The Kier molecular flexibility index (Phi) is 1.34. The maximum Gasteiger partial charge on any atom is 0.157 e. The number of piperidine rings is 1. The van der Waals surface area contributed by atoms with Crippen LogP contribution in [0.4, 0.5) is 0 Å². The standard InChI is InChI=1S/C11H12N4/c1-2-8-11(12-4-1)14-10(13-8)7-3-5-15-6-9(7)15/h1-2,4,7,9H,3,5-6H2,(H,12,13,14). The molecule has 2 aromatic rings. The third-order valence-corrected chi connectivity index (χ3v) is 3.57. The average Bonchev–Trinajstić information content (AvgIpc) is 2.76. The smallest absolute Gasteiger partial charge is 0.157 e. The van der Waals surface area contributed by atoms with E-state index in [1.165, 1.54) is 19.5 Å². The molecule has 0 amide bonds. The molecule has 2 aliphatic heterocycles. The monoisotopic (exact) mass is 200 g/mol. The van der Waals surface area contributed by atoms with Crippen molar-refractivity contribution in [1.29, 1.82) is 0 Å². The molecule has 4 heteroatoms. The lowest BCUT2D eigenvalue weighted by molar-refractivity contribution is 0.593. The van der Waals surface area contributed by atoms with Crippen molar-refractivity contribution < 1.29 is 0 Å². The summed E-state index contributed by atoms with van der Waals surface area (Å²) >= 11 is 0. The quantitative estimate of drug-likeness (QED) is 0.702. The van der Waals surface area contributed by atoms with E-state index in [1.54, 1.807) is 0 Å². The van der Waals surface area contributed by atoms with Crippen molar-refractivity contribution in [1.82, 2.24) is 19.9 Å². The predicted octanol–water partition coefficient (Wildman–Crippen LogP) is 1.13. The molecule has 2 saturated heterocycles. The molecule has 76 valence electrons. The minimum absolute atomic E-state index is 0.610. The minimum Gasteiger partial charge on any atom is -0.326 e. The van der Waals surface area contributed by atoms with Crippen molar-refractivity contribution in [3.8, 4) is 0 Å². The minimum atomic E-state index is 0.610. The number of fused-ring (bicyclic) bond motifs is 2. The number of rotatable bonds is 1. The van der Waals surface area contributed by atoms with Gasteiger partial charge in [0.15, 0.2) is 5.65 Å². The summed E-state index contributed by atoms with van der Waals surface area (Å²) in [4.78, 5) is 14.8. The fourth-order valence-electron chi connectivity index (χ4n) is 2.69. The Balaban J connectivity index is 1.81. The zero-order valence-electron chi connectivity index (χ0n) is 8.35. The van der Waals surface area contributed by atoms with E-state index in [0.717, 1.165) is 23.0 Å². The number of aromatic nitrogens is 3. The number of nitrogens with zero attached hydrogens (tertiary/aromatic N) is 3. The van der Waals surface area contributed by atoms with Gasteiger partial charge in [-0.25, -0.2) is 9.97 Å². The highest BCUT2D eigenvalue weighted by atomic mass is 15.3. The summed E-state index contributed by atoms with van der Waals surface area (Å²) in [5.41, 5.74) is 1.92. The van der Waals surface area contributed by atoms with Crippen LogP contribution in [0.3, 0.4) is 0 Å². The van der Waals surface area contributed by atoms with Gasteiger partial charge in [0.25, 0.3) is 0 Å². The highest BCUT2D eigenvalue weighted by Gasteiger charge is 2.47. The molecule has 4 heterocycles. The third-order valence-electron chi connectivity index (χ3n) is 3.57. The number of hydrogen-bond donors (Lipinski definition) is 1. The maximum absolute atomic E-state index is 4.63. The molecule has 0 aromatic carbocycles. The fourth-order valence-corrected chi connectivity index (χ4v) is 2.69. The molecule has 4 nitrogen and oxygen atoms in total. The molecule has 1 N–H and O–H groups in total. The Bertz CT molecular complexity index is 485. The van der Waals surface area contributed by atoms with Crippen LogP contribution in [-0.4, -0.2) is 39.0 Å². The highest BCUT2D eigenvalue weighted by Crippen LogP contribution is 2.41. The van der Waals surface area contributed by atoms with Gasteiger partial charge in [0, 0.05) is 24.7 Å². The molecule has 2 aromatic heterocycles. The first-order valence-electron chi connectivity index (χ1n) is 5.46. The van der Waals surface area contributed by atoms with Crippen LogP contribution in [-0.2, 0) is 0 Å². The van der Waals surface area contributed by atoms with Crippen LogP contribution < -0.4 is 0 Å². The second-order valence-electron chi connectivity index (χ2n) is 4.45. The number of aromatic amines is 1. The molecular formula is C11H12N4.